The van der Waals surface area contributed by atoms with Gasteiger partial charge in [-0.2, -0.15) is 0 Å². The largest absolute Gasteiger partial charge is 0.479 e. The fourth-order valence-electron chi connectivity index (χ4n) is 2.01. The molecule has 1 amide bonds. The lowest BCUT2D eigenvalue weighted by Gasteiger charge is -2.18. The summed E-state index contributed by atoms with van der Waals surface area (Å²) in [5.74, 6) is 0.576. The molecule has 1 heterocycles. The number of pyridine rings is 1. The van der Waals surface area contributed by atoms with Crippen molar-refractivity contribution >= 4 is 5.91 Å². The molecule has 2 N–H and O–H groups in total. The molecule has 1 aromatic rings. The maximum Gasteiger partial charge on any atom is 0.260 e. The quantitative estimate of drug-likeness (QED) is 0.806. The molecule has 0 radical (unpaired) electrons. The number of nitrogens with one attached hydrogen (secondary N) is 2. The Kier molecular flexibility index (Phi) is 5.17. The molecule has 1 atom stereocenters. The SMILES string of the molecule is Cc1ccc(OC(C)C(=O)NC(C)C)c(CNC2CC2)n1. The number of rotatable bonds is 7. The highest BCUT2D eigenvalue weighted by atomic mass is 16.5. The molecular weight excluding hydrogens is 266 g/mol. The smallest absolute Gasteiger partial charge is 0.260 e. The third-order valence-electron chi connectivity index (χ3n) is 3.31. The average molecular weight is 291 g/mol. The molecule has 0 spiro atoms. The van der Waals surface area contributed by atoms with Crippen LogP contribution in [0.4, 0.5) is 0 Å². The molecule has 0 bridgehead atoms. The normalized spacial score (nSPS) is 15.9. The number of carbonyl (C=O) groups is 1. The van der Waals surface area contributed by atoms with Gasteiger partial charge in [-0.3, -0.25) is 9.78 Å². The first-order valence-electron chi connectivity index (χ1n) is 7.62. The maximum absolute atomic E-state index is 11.9. The van der Waals surface area contributed by atoms with Crippen molar-refractivity contribution < 1.29 is 9.53 Å². The molecule has 1 unspecified atom stereocenters. The molecule has 1 aliphatic rings. The third kappa shape index (κ3) is 5.01. The van der Waals surface area contributed by atoms with Crippen molar-refractivity contribution in [3.63, 3.8) is 0 Å². The summed E-state index contributed by atoms with van der Waals surface area (Å²) in [4.78, 5) is 16.5. The van der Waals surface area contributed by atoms with Crippen LogP contribution >= 0.6 is 0 Å². The first-order chi connectivity index (χ1) is 9.95. The minimum absolute atomic E-state index is 0.105. The van der Waals surface area contributed by atoms with E-state index in [1.165, 1.54) is 12.8 Å². The monoisotopic (exact) mass is 291 g/mol. The van der Waals surface area contributed by atoms with Crippen LogP contribution in [0, 0.1) is 6.92 Å². The Hall–Kier alpha value is -1.62. The Labute approximate surface area is 126 Å². The predicted octanol–water partition coefficient (Wildman–Crippen LogP) is 1.93. The van der Waals surface area contributed by atoms with Crippen molar-refractivity contribution in [3.05, 3.63) is 23.5 Å². The van der Waals surface area contributed by atoms with Crippen LogP contribution in [0.1, 0.15) is 45.0 Å². The van der Waals surface area contributed by atoms with Gasteiger partial charge < -0.3 is 15.4 Å². The van der Waals surface area contributed by atoms with Crippen LogP contribution in [0.2, 0.25) is 0 Å². The van der Waals surface area contributed by atoms with Crippen molar-refractivity contribution in [1.82, 2.24) is 15.6 Å². The van der Waals surface area contributed by atoms with Crippen LogP contribution in [0.25, 0.3) is 0 Å². The molecule has 0 aromatic carbocycles. The summed E-state index contributed by atoms with van der Waals surface area (Å²) in [5, 5.41) is 6.29. The number of nitrogens with zero attached hydrogens (tertiary/aromatic N) is 1. The van der Waals surface area contributed by atoms with E-state index >= 15 is 0 Å². The van der Waals surface area contributed by atoms with Crippen LogP contribution < -0.4 is 15.4 Å². The van der Waals surface area contributed by atoms with E-state index in [1.807, 2.05) is 32.9 Å². The van der Waals surface area contributed by atoms with Crippen molar-refractivity contribution in [1.29, 1.82) is 0 Å². The molecule has 0 aliphatic heterocycles. The van der Waals surface area contributed by atoms with Gasteiger partial charge in [0, 0.05) is 24.3 Å². The molecule has 21 heavy (non-hydrogen) atoms. The van der Waals surface area contributed by atoms with Gasteiger partial charge in [0.05, 0.1) is 5.69 Å². The van der Waals surface area contributed by atoms with Gasteiger partial charge in [-0.05, 0) is 52.7 Å². The summed E-state index contributed by atoms with van der Waals surface area (Å²) in [6.45, 7) is 8.27. The lowest BCUT2D eigenvalue weighted by molar-refractivity contribution is -0.127. The van der Waals surface area contributed by atoms with Crippen molar-refractivity contribution in [3.8, 4) is 5.75 Å². The van der Waals surface area contributed by atoms with E-state index < -0.39 is 6.10 Å². The van der Waals surface area contributed by atoms with Gasteiger partial charge in [-0.15, -0.1) is 0 Å². The number of aromatic nitrogens is 1. The van der Waals surface area contributed by atoms with Gasteiger partial charge >= 0.3 is 0 Å². The Morgan fingerprint density at radius 3 is 2.71 bits per heavy atom. The molecule has 0 saturated heterocycles. The number of aryl methyl sites for hydroxylation is 1. The highest BCUT2D eigenvalue weighted by Crippen LogP contribution is 2.22. The van der Waals surface area contributed by atoms with E-state index in [9.17, 15) is 4.79 Å². The second-order valence-corrected chi connectivity index (χ2v) is 5.98. The van der Waals surface area contributed by atoms with E-state index in [0.717, 1.165) is 11.4 Å². The molecule has 116 valence electrons. The fraction of sp³-hybridized carbons (Fsp3) is 0.625. The zero-order valence-electron chi connectivity index (χ0n) is 13.3. The van der Waals surface area contributed by atoms with Crippen molar-refractivity contribution in [2.24, 2.45) is 0 Å². The zero-order chi connectivity index (χ0) is 15.4. The Bertz CT molecular complexity index is 498. The zero-order valence-corrected chi connectivity index (χ0v) is 13.3. The topological polar surface area (TPSA) is 63.2 Å². The molecule has 1 saturated carbocycles. The standard InChI is InChI=1S/C16H25N3O2/c1-10(2)18-16(20)12(4)21-15-8-5-11(3)19-14(15)9-17-13-6-7-13/h5,8,10,12-13,17H,6-7,9H2,1-4H3,(H,18,20). The van der Waals surface area contributed by atoms with Crippen molar-refractivity contribution in [2.45, 2.75) is 65.3 Å². The minimum atomic E-state index is -0.531. The van der Waals surface area contributed by atoms with Crippen molar-refractivity contribution in [2.75, 3.05) is 0 Å². The van der Waals surface area contributed by atoms with E-state index in [2.05, 4.69) is 15.6 Å². The molecule has 2 rings (SSSR count). The van der Waals surface area contributed by atoms with E-state index in [1.54, 1.807) is 6.92 Å². The lowest BCUT2D eigenvalue weighted by Crippen LogP contribution is -2.40. The van der Waals surface area contributed by atoms with Gasteiger partial charge in [0.15, 0.2) is 6.10 Å². The summed E-state index contributed by atoms with van der Waals surface area (Å²) >= 11 is 0. The Morgan fingerprint density at radius 1 is 1.38 bits per heavy atom. The van der Waals surface area contributed by atoms with Crippen LogP contribution in [-0.2, 0) is 11.3 Å². The first kappa shape index (κ1) is 15.8. The number of hydrogen-bond acceptors (Lipinski definition) is 4. The number of ether oxygens (including phenoxy) is 1. The summed E-state index contributed by atoms with van der Waals surface area (Å²) in [6, 6.07) is 4.52. The molecule has 5 heteroatoms. The molecular formula is C16H25N3O2. The molecule has 1 aromatic heterocycles. The van der Waals surface area contributed by atoms with Crippen LogP contribution in [0.3, 0.4) is 0 Å². The van der Waals surface area contributed by atoms with Gasteiger partial charge in [0.2, 0.25) is 0 Å². The Morgan fingerprint density at radius 2 is 2.10 bits per heavy atom. The van der Waals surface area contributed by atoms with Gasteiger partial charge in [0.1, 0.15) is 5.75 Å². The lowest BCUT2D eigenvalue weighted by atomic mass is 10.2. The van der Waals surface area contributed by atoms with E-state index in [0.29, 0.717) is 18.3 Å². The van der Waals surface area contributed by atoms with Gasteiger partial charge in [0.25, 0.3) is 5.91 Å². The predicted molar refractivity (Wildman–Crippen MR) is 82.2 cm³/mol. The van der Waals surface area contributed by atoms with Crippen LogP contribution in [0.5, 0.6) is 5.75 Å². The first-order valence-corrected chi connectivity index (χ1v) is 7.62. The number of carbonyl (C=O) groups excluding carboxylic acids is 1. The molecule has 5 nitrogen and oxygen atoms in total. The third-order valence-corrected chi connectivity index (χ3v) is 3.31. The van der Waals surface area contributed by atoms with Gasteiger partial charge in [-0.25, -0.2) is 0 Å². The number of hydrogen-bond donors (Lipinski definition) is 2. The van der Waals surface area contributed by atoms with E-state index in [4.69, 9.17) is 4.74 Å². The summed E-state index contributed by atoms with van der Waals surface area (Å²) in [7, 11) is 0. The van der Waals surface area contributed by atoms with E-state index in [-0.39, 0.29) is 11.9 Å². The summed E-state index contributed by atoms with van der Waals surface area (Å²) in [6.07, 6.45) is 1.93. The van der Waals surface area contributed by atoms with Crippen LogP contribution in [-0.4, -0.2) is 29.1 Å². The highest BCUT2D eigenvalue weighted by Gasteiger charge is 2.22. The fourth-order valence-corrected chi connectivity index (χ4v) is 2.01. The Balaban J connectivity index is 2.01. The van der Waals surface area contributed by atoms with Crippen LogP contribution in [0.15, 0.2) is 12.1 Å². The molecule has 1 fully saturated rings. The number of amides is 1. The highest BCUT2D eigenvalue weighted by molar-refractivity contribution is 5.80. The minimum Gasteiger partial charge on any atom is -0.479 e. The second kappa shape index (κ2) is 6.89. The average Bonchev–Trinajstić information content (AvgIpc) is 3.22. The second-order valence-electron chi connectivity index (χ2n) is 5.98. The van der Waals surface area contributed by atoms with Gasteiger partial charge in [-0.1, -0.05) is 0 Å². The maximum atomic E-state index is 11.9. The summed E-state index contributed by atoms with van der Waals surface area (Å²) < 4.78 is 5.80. The summed E-state index contributed by atoms with van der Waals surface area (Å²) in [5.41, 5.74) is 1.82. The molecule has 1 aliphatic carbocycles.